The zero-order valence-corrected chi connectivity index (χ0v) is 11.5. The summed E-state index contributed by atoms with van der Waals surface area (Å²) in [4.78, 5) is 0. The maximum absolute atomic E-state index is 5.56. The molecule has 1 rings (SSSR count). The van der Waals surface area contributed by atoms with Gasteiger partial charge >= 0.3 is 0 Å². The van der Waals surface area contributed by atoms with Gasteiger partial charge in [0.25, 0.3) is 0 Å². The first-order valence-corrected chi connectivity index (χ1v) is 6.47. The van der Waals surface area contributed by atoms with Crippen molar-refractivity contribution >= 4 is 0 Å². The van der Waals surface area contributed by atoms with Gasteiger partial charge in [0.2, 0.25) is 0 Å². The van der Waals surface area contributed by atoms with Crippen molar-refractivity contribution in [2.24, 2.45) is 5.92 Å². The Bertz CT molecular complexity index is 307. The minimum Gasteiger partial charge on any atom is -0.465 e. The van der Waals surface area contributed by atoms with Crippen LogP contribution in [0.25, 0.3) is 0 Å². The molecule has 17 heavy (non-hydrogen) atoms. The number of ether oxygens (including phenoxy) is 1. The lowest BCUT2D eigenvalue weighted by Crippen LogP contribution is -2.20. The summed E-state index contributed by atoms with van der Waals surface area (Å²) in [6.45, 7) is 11.1. The molecule has 0 spiro atoms. The average Bonchev–Trinajstić information content (AvgIpc) is 2.69. The van der Waals surface area contributed by atoms with Crippen LogP contribution in [-0.4, -0.2) is 19.8 Å². The molecule has 1 unspecified atom stereocenters. The molecule has 0 aliphatic rings. The summed E-state index contributed by atoms with van der Waals surface area (Å²) in [5, 5.41) is 3.43. The molecule has 0 aromatic carbocycles. The van der Waals surface area contributed by atoms with E-state index in [0.717, 1.165) is 37.7 Å². The molecule has 1 aromatic heterocycles. The topological polar surface area (TPSA) is 34.4 Å². The zero-order valence-electron chi connectivity index (χ0n) is 11.5. The molecule has 0 saturated heterocycles. The molecule has 98 valence electrons. The van der Waals surface area contributed by atoms with E-state index in [1.807, 2.05) is 19.1 Å². The van der Waals surface area contributed by atoms with Crippen molar-refractivity contribution < 1.29 is 9.15 Å². The monoisotopic (exact) mass is 239 g/mol. The van der Waals surface area contributed by atoms with E-state index in [0.29, 0.717) is 5.92 Å². The Morgan fingerprint density at radius 3 is 2.65 bits per heavy atom. The van der Waals surface area contributed by atoms with Crippen LogP contribution in [-0.2, 0) is 4.74 Å². The third-order valence-electron chi connectivity index (χ3n) is 2.56. The predicted molar refractivity (Wildman–Crippen MR) is 70.1 cm³/mol. The molecule has 1 atom stereocenters. The summed E-state index contributed by atoms with van der Waals surface area (Å²) in [5.41, 5.74) is 0. The summed E-state index contributed by atoms with van der Waals surface area (Å²) < 4.78 is 11.1. The molecule has 3 nitrogen and oxygen atoms in total. The maximum Gasteiger partial charge on any atom is 0.120 e. The van der Waals surface area contributed by atoms with E-state index in [4.69, 9.17) is 9.15 Å². The largest absolute Gasteiger partial charge is 0.465 e. The van der Waals surface area contributed by atoms with Crippen LogP contribution in [0.15, 0.2) is 16.5 Å². The standard InChI is InChI=1S/C14H25NO2/c1-11(2)10-16-9-5-8-15-13(4)14-7-6-12(3)17-14/h6-7,11,13,15H,5,8-10H2,1-4H3. The highest BCUT2D eigenvalue weighted by Crippen LogP contribution is 2.15. The van der Waals surface area contributed by atoms with Gasteiger partial charge in [-0.05, 0) is 44.9 Å². The second-order valence-electron chi connectivity index (χ2n) is 4.95. The lowest BCUT2D eigenvalue weighted by Gasteiger charge is -2.11. The van der Waals surface area contributed by atoms with Crippen molar-refractivity contribution in [2.45, 2.75) is 40.2 Å². The zero-order chi connectivity index (χ0) is 12.7. The van der Waals surface area contributed by atoms with Crippen molar-refractivity contribution in [1.82, 2.24) is 5.32 Å². The molecule has 3 heteroatoms. The van der Waals surface area contributed by atoms with E-state index in [-0.39, 0.29) is 6.04 Å². The van der Waals surface area contributed by atoms with Crippen molar-refractivity contribution in [3.05, 3.63) is 23.7 Å². The number of aryl methyl sites for hydroxylation is 1. The van der Waals surface area contributed by atoms with Crippen LogP contribution in [0.4, 0.5) is 0 Å². The molecule has 1 heterocycles. The number of furan rings is 1. The number of nitrogens with one attached hydrogen (secondary N) is 1. The summed E-state index contributed by atoms with van der Waals surface area (Å²) in [5.74, 6) is 2.59. The van der Waals surface area contributed by atoms with E-state index in [2.05, 4.69) is 26.1 Å². The molecule has 0 bridgehead atoms. The molecule has 1 N–H and O–H groups in total. The summed E-state index contributed by atoms with van der Waals surface area (Å²) in [6, 6.07) is 4.30. The van der Waals surface area contributed by atoms with E-state index in [9.17, 15) is 0 Å². The average molecular weight is 239 g/mol. The quantitative estimate of drug-likeness (QED) is 0.707. The third kappa shape index (κ3) is 5.89. The van der Waals surface area contributed by atoms with Crippen LogP contribution in [0.3, 0.4) is 0 Å². The fraction of sp³-hybridized carbons (Fsp3) is 0.714. The molecular weight excluding hydrogens is 214 g/mol. The fourth-order valence-electron chi connectivity index (χ4n) is 1.60. The van der Waals surface area contributed by atoms with Gasteiger partial charge in [-0.2, -0.15) is 0 Å². The van der Waals surface area contributed by atoms with Gasteiger partial charge in [0, 0.05) is 13.2 Å². The lowest BCUT2D eigenvalue weighted by molar-refractivity contribution is 0.107. The van der Waals surface area contributed by atoms with Gasteiger partial charge in [-0.3, -0.25) is 0 Å². The van der Waals surface area contributed by atoms with E-state index >= 15 is 0 Å². The van der Waals surface area contributed by atoms with Crippen molar-refractivity contribution in [1.29, 1.82) is 0 Å². The van der Waals surface area contributed by atoms with Crippen molar-refractivity contribution in [3.63, 3.8) is 0 Å². The highest BCUT2D eigenvalue weighted by molar-refractivity contribution is 5.08. The minimum absolute atomic E-state index is 0.272. The van der Waals surface area contributed by atoms with Gasteiger partial charge in [0.1, 0.15) is 11.5 Å². The molecule has 0 fully saturated rings. The second kappa shape index (κ2) is 7.51. The van der Waals surface area contributed by atoms with Crippen molar-refractivity contribution in [2.75, 3.05) is 19.8 Å². The van der Waals surface area contributed by atoms with Gasteiger partial charge in [0.05, 0.1) is 6.04 Å². The second-order valence-corrected chi connectivity index (χ2v) is 4.95. The number of rotatable bonds is 8. The summed E-state index contributed by atoms with van der Waals surface area (Å²) >= 11 is 0. The van der Waals surface area contributed by atoms with Crippen LogP contribution >= 0.6 is 0 Å². The smallest absolute Gasteiger partial charge is 0.120 e. The maximum atomic E-state index is 5.56. The Morgan fingerprint density at radius 2 is 2.06 bits per heavy atom. The van der Waals surface area contributed by atoms with Crippen LogP contribution in [0, 0.1) is 12.8 Å². The van der Waals surface area contributed by atoms with Crippen molar-refractivity contribution in [3.8, 4) is 0 Å². The Kier molecular flexibility index (Phi) is 6.30. The normalized spacial score (nSPS) is 13.2. The SMILES string of the molecule is Cc1ccc(C(C)NCCCOCC(C)C)o1. The number of hydrogen-bond acceptors (Lipinski definition) is 3. The van der Waals surface area contributed by atoms with Crippen LogP contribution in [0.5, 0.6) is 0 Å². The first-order chi connectivity index (χ1) is 8.09. The van der Waals surface area contributed by atoms with Gasteiger partial charge in [-0.25, -0.2) is 0 Å². The van der Waals surface area contributed by atoms with Crippen LogP contribution in [0.1, 0.15) is 44.8 Å². The highest BCUT2D eigenvalue weighted by atomic mass is 16.5. The fourth-order valence-corrected chi connectivity index (χ4v) is 1.60. The first kappa shape index (κ1) is 14.3. The minimum atomic E-state index is 0.272. The van der Waals surface area contributed by atoms with Crippen LogP contribution in [0.2, 0.25) is 0 Å². The van der Waals surface area contributed by atoms with E-state index in [1.54, 1.807) is 0 Å². The molecule has 0 radical (unpaired) electrons. The van der Waals surface area contributed by atoms with Gasteiger partial charge in [0.15, 0.2) is 0 Å². The Morgan fingerprint density at radius 1 is 1.29 bits per heavy atom. The number of hydrogen-bond donors (Lipinski definition) is 1. The Balaban J connectivity index is 2.06. The molecular formula is C14H25NO2. The van der Waals surface area contributed by atoms with Gasteiger partial charge < -0.3 is 14.5 Å². The van der Waals surface area contributed by atoms with E-state index in [1.165, 1.54) is 0 Å². The molecule has 0 aliphatic carbocycles. The highest BCUT2D eigenvalue weighted by Gasteiger charge is 2.07. The molecule has 0 saturated carbocycles. The van der Waals surface area contributed by atoms with Crippen LogP contribution < -0.4 is 5.32 Å². The van der Waals surface area contributed by atoms with Gasteiger partial charge in [-0.15, -0.1) is 0 Å². The van der Waals surface area contributed by atoms with Gasteiger partial charge in [-0.1, -0.05) is 13.8 Å². The summed E-state index contributed by atoms with van der Waals surface area (Å²) in [7, 11) is 0. The Hall–Kier alpha value is -0.800. The molecule has 0 aliphatic heterocycles. The third-order valence-corrected chi connectivity index (χ3v) is 2.56. The first-order valence-electron chi connectivity index (χ1n) is 6.47. The summed E-state index contributed by atoms with van der Waals surface area (Å²) in [6.07, 6.45) is 1.04. The van der Waals surface area contributed by atoms with E-state index < -0.39 is 0 Å². The molecule has 0 amide bonds. The Labute approximate surface area is 105 Å². The molecule has 1 aromatic rings. The predicted octanol–water partition coefficient (Wildman–Crippen LogP) is 3.30. The lowest BCUT2D eigenvalue weighted by atomic mass is 10.2.